The molecule has 9 heteroatoms. The average Bonchev–Trinajstić information content (AvgIpc) is 3.27. The molecule has 0 bridgehead atoms. The first-order chi connectivity index (χ1) is 15.3. The van der Waals surface area contributed by atoms with Gasteiger partial charge in [0.15, 0.2) is 5.84 Å². The number of carbonyl (C=O) groups excluding carboxylic acids is 1. The van der Waals surface area contributed by atoms with Crippen molar-refractivity contribution in [3.8, 4) is 5.69 Å². The summed E-state index contributed by atoms with van der Waals surface area (Å²) in [4.78, 5) is 16.9. The predicted octanol–water partition coefficient (Wildman–Crippen LogP) is 6.60. The first-order valence-electron chi connectivity index (χ1n) is 10.4. The van der Waals surface area contributed by atoms with Gasteiger partial charge in [0.25, 0.3) is 5.91 Å². The Bertz CT molecular complexity index is 1210. The van der Waals surface area contributed by atoms with Crippen molar-refractivity contribution in [2.75, 3.05) is 0 Å². The summed E-state index contributed by atoms with van der Waals surface area (Å²) in [6.07, 6.45) is 5.84. The van der Waals surface area contributed by atoms with Gasteiger partial charge in [-0.2, -0.15) is 15.1 Å². The molecule has 32 heavy (non-hydrogen) atoms. The minimum Gasteiger partial charge on any atom is -0.318 e. The quantitative estimate of drug-likeness (QED) is 0.368. The molecule has 2 aliphatic heterocycles. The summed E-state index contributed by atoms with van der Waals surface area (Å²) in [7, 11) is 0. The molecule has 0 aliphatic carbocycles. The van der Waals surface area contributed by atoms with Crippen LogP contribution in [0.25, 0.3) is 11.8 Å². The summed E-state index contributed by atoms with van der Waals surface area (Å²) in [6.45, 7) is 6.09. The third-order valence-electron chi connectivity index (χ3n) is 5.42. The van der Waals surface area contributed by atoms with Crippen molar-refractivity contribution in [1.29, 1.82) is 5.41 Å². The Labute approximate surface area is 201 Å². The van der Waals surface area contributed by atoms with Gasteiger partial charge in [-0.25, -0.2) is 0 Å². The van der Waals surface area contributed by atoms with E-state index in [1.165, 1.54) is 16.8 Å². The molecule has 6 nitrogen and oxygen atoms in total. The Morgan fingerprint density at radius 3 is 2.66 bits per heavy atom. The number of fused-ring (bicyclic) bond motifs is 1. The van der Waals surface area contributed by atoms with Crippen LogP contribution in [-0.2, 0) is 4.79 Å². The van der Waals surface area contributed by atoms with Gasteiger partial charge in [0.2, 0.25) is 5.17 Å². The van der Waals surface area contributed by atoms with Crippen molar-refractivity contribution in [1.82, 2.24) is 9.58 Å². The number of thioether (sulfide) groups is 1. The normalized spacial score (nSPS) is 17.2. The van der Waals surface area contributed by atoms with Crippen molar-refractivity contribution in [2.24, 2.45) is 10.1 Å². The molecule has 166 valence electrons. The number of nitrogens with one attached hydrogen (secondary N) is 1. The van der Waals surface area contributed by atoms with Crippen LogP contribution in [-0.4, -0.2) is 31.5 Å². The zero-order chi connectivity index (χ0) is 23.0. The van der Waals surface area contributed by atoms with E-state index in [4.69, 9.17) is 28.6 Å². The maximum Gasteiger partial charge on any atom is 0.283 e. The number of hydrogen-bond acceptors (Lipinski definition) is 4. The summed E-state index contributed by atoms with van der Waals surface area (Å²) in [5.74, 6) is -0.365. The van der Waals surface area contributed by atoms with Crippen LogP contribution in [0, 0.1) is 19.3 Å². The van der Waals surface area contributed by atoms with Gasteiger partial charge in [0.05, 0.1) is 15.6 Å². The standard InChI is InChI=1S/C23H23Cl2N5OS/c1-4-5-6-7-20-28-30-21(26)17(22(31)27-23(30)32-20)11-15-10-13(2)29(14(15)3)16-8-9-18(24)19(25)12-16/h8-12,26H,4-7H2,1-3H3. The average molecular weight is 488 g/mol. The van der Waals surface area contributed by atoms with E-state index >= 15 is 0 Å². The van der Waals surface area contributed by atoms with Gasteiger partial charge < -0.3 is 4.57 Å². The molecule has 4 rings (SSSR count). The number of aryl methyl sites for hydroxylation is 1. The lowest BCUT2D eigenvalue weighted by Crippen LogP contribution is -2.35. The summed E-state index contributed by atoms with van der Waals surface area (Å²) >= 11 is 13.7. The van der Waals surface area contributed by atoms with Crippen LogP contribution in [0.15, 0.2) is 39.9 Å². The fourth-order valence-electron chi connectivity index (χ4n) is 3.77. The number of hydrazone groups is 1. The fraction of sp³-hybridized carbons (Fsp3) is 0.304. The first kappa shape index (κ1) is 22.8. The highest BCUT2D eigenvalue weighted by atomic mass is 35.5. The van der Waals surface area contributed by atoms with Crippen LogP contribution >= 0.6 is 35.0 Å². The summed E-state index contributed by atoms with van der Waals surface area (Å²) in [5, 5.41) is 16.9. The van der Waals surface area contributed by atoms with E-state index < -0.39 is 5.91 Å². The molecule has 2 aliphatic rings. The number of carbonyl (C=O) groups is 1. The van der Waals surface area contributed by atoms with Gasteiger partial charge in [0.1, 0.15) is 5.04 Å². The number of aliphatic imine (C=N–C) groups is 1. The van der Waals surface area contributed by atoms with E-state index in [0.717, 1.165) is 53.4 Å². The number of benzene rings is 1. The fourth-order valence-corrected chi connectivity index (χ4v) is 4.99. The minimum absolute atomic E-state index is 0.0531. The largest absolute Gasteiger partial charge is 0.318 e. The van der Waals surface area contributed by atoms with Gasteiger partial charge >= 0.3 is 0 Å². The second kappa shape index (κ2) is 9.25. The molecule has 0 saturated carbocycles. The van der Waals surface area contributed by atoms with Crippen molar-refractivity contribution in [2.45, 2.75) is 46.5 Å². The van der Waals surface area contributed by atoms with Gasteiger partial charge in [-0.3, -0.25) is 10.2 Å². The molecule has 0 atom stereocenters. The zero-order valence-electron chi connectivity index (χ0n) is 18.1. The summed E-state index contributed by atoms with van der Waals surface area (Å²) in [6, 6.07) is 7.43. The monoisotopic (exact) mass is 487 g/mol. The third kappa shape index (κ3) is 4.29. The number of unbranched alkanes of at least 4 members (excludes halogenated alkanes) is 2. The molecule has 0 radical (unpaired) electrons. The van der Waals surface area contributed by atoms with Gasteiger partial charge in [-0.15, -0.1) is 0 Å². The molecular weight excluding hydrogens is 465 g/mol. The number of hydrogen-bond donors (Lipinski definition) is 1. The first-order valence-corrected chi connectivity index (χ1v) is 12.0. The van der Waals surface area contributed by atoms with E-state index in [0.29, 0.717) is 15.2 Å². The molecule has 1 aromatic heterocycles. The Hall–Kier alpha value is -2.35. The highest BCUT2D eigenvalue weighted by Crippen LogP contribution is 2.32. The molecular formula is C23H23Cl2N5OS. The van der Waals surface area contributed by atoms with Crippen LogP contribution in [0.3, 0.4) is 0 Å². The SMILES string of the molecule is CCCCCC1=NN2C(=N)C(=Cc3cc(C)n(-c4ccc(Cl)c(Cl)c4)c3C)C(=O)N=C2S1. The molecule has 3 heterocycles. The van der Waals surface area contributed by atoms with Gasteiger partial charge in [-0.1, -0.05) is 43.0 Å². The third-order valence-corrected chi connectivity index (χ3v) is 7.13. The summed E-state index contributed by atoms with van der Waals surface area (Å²) < 4.78 is 2.04. The Kier molecular flexibility index (Phi) is 6.60. The van der Waals surface area contributed by atoms with E-state index in [-0.39, 0.29) is 11.4 Å². The number of nitrogens with zero attached hydrogens (tertiary/aromatic N) is 4. The predicted molar refractivity (Wildman–Crippen MR) is 134 cm³/mol. The Morgan fingerprint density at radius 2 is 1.94 bits per heavy atom. The smallest absolute Gasteiger partial charge is 0.283 e. The molecule has 2 aromatic rings. The topological polar surface area (TPSA) is 73.8 Å². The number of aromatic nitrogens is 1. The number of rotatable bonds is 6. The molecule has 0 spiro atoms. The van der Waals surface area contributed by atoms with E-state index in [2.05, 4.69) is 17.0 Å². The zero-order valence-corrected chi connectivity index (χ0v) is 20.4. The maximum absolute atomic E-state index is 12.7. The maximum atomic E-state index is 12.7. The number of halogens is 2. The minimum atomic E-state index is -0.418. The molecule has 1 N–H and O–H groups in total. The highest BCUT2D eigenvalue weighted by Gasteiger charge is 2.35. The Balaban J connectivity index is 1.65. The lowest BCUT2D eigenvalue weighted by atomic mass is 10.1. The van der Waals surface area contributed by atoms with Crippen molar-refractivity contribution >= 4 is 63.0 Å². The van der Waals surface area contributed by atoms with Crippen LogP contribution in [0.4, 0.5) is 0 Å². The molecule has 1 aromatic carbocycles. The lowest BCUT2D eigenvalue weighted by Gasteiger charge is -2.20. The summed E-state index contributed by atoms with van der Waals surface area (Å²) in [5.41, 5.74) is 3.83. The van der Waals surface area contributed by atoms with Crippen LogP contribution in [0.1, 0.15) is 49.6 Å². The highest BCUT2D eigenvalue weighted by molar-refractivity contribution is 8.26. The number of amidine groups is 2. The Morgan fingerprint density at radius 1 is 1.16 bits per heavy atom. The van der Waals surface area contributed by atoms with E-state index in [1.54, 1.807) is 18.2 Å². The van der Waals surface area contributed by atoms with E-state index in [1.807, 2.05) is 30.5 Å². The van der Waals surface area contributed by atoms with E-state index in [9.17, 15) is 4.79 Å². The molecule has 0 fully saturated rings. The van der Waals surface area contributed by atoms with Crippen molar-refractivity contribution in [3.05, 3.63) is 56.8 Å². The van der Waals surface area contributed by atoms with Crippen molar-refractivity contribution < 1.29 is 4.79 Å². The lowest BCUT2D eigenvalue weighted by molar-refractivity contribution is -0.114. The second-order valence-corrected chi connectivity index (χ2v) is 9.59. The van der Waals surface area contributed by atoms with Crippen molar-refractivity contribution in [3.63, 3.8) is 0 Å². The second-order valence-electron chi connectivity index (χ2n) is 7.73. The van der Waals surface area contributed by atoms with Gasteiger partial charge in [-0.05, 0) is 74.4 Å². The number of amides is 1. The van der Waals surface area contributed by atoms with Gasteiger partial charge in [0, 0.05) is 17.1 Å². The molecule has 0 saturated heterocycles. The van der Waals surface area contributed by atoms with Crippen LogP contribution in [0.2, 0.25) is 10.0 Å². The van der Waals surface area contributed by atoms with Crippen LogP contribution in [0.5, 0.6) is 0 Å². The van der Waals surface area contributed by atoms with Crippen LogP contribution < -0.4 is 0 Å². The molecule has 1 amide bonds. The molecule has 0 unspecified atom stereocenters.